The number of benzene rings is 1. The molecule has 1 aromatic carbocycles. The molecular formula is C14H16N2O. The summed E-state index contributed by atoms with van der Waals surface area (Å²) in [6.07, 6.45) is 3.63. The molecule has 2 aromatic rings. The van der Waals surface area contributed by atoms with Crippen LogP contribution in [0, 0.1) is 6.92 Å². The van der Waals surface area contributed by atoms with Gasteiger partial charge in [-0.2, -0.15) is 0 Å². The van der Waals surface area contributed by atoms with Crippen molar-refractivity contribution in [2.75, 3.05) is 7.11 Å². The van der Waals surface area contributed by atoms with Gasteiger partial charge in [0.05, 0.1) is 7.11 Å². The van der Waals surface area contributed by atoms with Gasteiger partial charge in [0, 0.05) is 18.3 Å². The van der Waals surface area contributed by atoms with Crippen LogP contribution in [-0.4, -0.2) is 17.1 Å². The Morgan fingerprint density at radius 2 is 1.59 bits per heavy atom. The van der Waals surface area contributed by atoms with Crippen LogP contribution in [0.2, 0.25) is 0 Å². The van der Waals surface area contributed by atoms with Gasteiger partial charge in [0.2, 0.25) is 0 Å². The summed E-state index contributed by atoms with van der Waals surface area (Å²) in [4.78, 5) is 8.26. The van der Waals surface area contributed by atoms with Crippen molar-refractivity contribution in [3.8, 4) is 6.01 Å². The summed E-state index contributed by atoms with van der Waals surface area (Å²) in [7, 11) is 1.57. The summed E-state index contributed by atoms with van der Waals surface area (Å²) < 4.78 is 4.95. The van der Waals surface area contributed by atoms with Gasteiger partial charge in [0.1, 0.15) is 0 Å². The van der Waals surface area contributed by atoms with Gasteiger partial charge in [0.25, 0.3) is 0 Å². The third-order valence-corrected chi connectivity index (χ3v) is 2.91. The van der Waals surface area contributed by atoms with E-state index in [1.165, 1.54) is 11.1 Å². The maximum atomic E-state index is 4.95. The first kappa shape index (κ1) is 11.6. The fraction of sp³-hybridized carbons (Fsp3) is 0.286. The third-order valence-electron chi connectivity index (χ3n) is 2.91. The molecule has 1 atom stereocenters. The Labute approximate surface area is 102 Å². The lowest BCUT2D eigenvalue weighted by Gasteiger charge is -2.12. The molecule has 3 heteroatoms. The van der Waals surface area contributed by atoms with Crippen LogP contribution in [-0.2, 0) is 0 Å². The smallest absolute Gasteiger partial charge is 0.316 e. The van der Waals surface area contributed by atoms with Crippen molar-refractivity contribution in [1.29, 1.82) is 0 Å². The number of ether oxygens (including phenoxy) is 1. The molecule has 2 rings (SSSR count). The Kier molecular flexibility index (Phi) is 3.38. The predicted octanol–water partition coefficient (Wildman–Crippen LogP) is 2.95. The zero-order valence-corrected chi connectivity index (χ0v) is 10.3. The van der Waals surface area contributed by atoms with Gasteiger partial charge in [-0.05, 0) is 18.1 Å². The molecule has 88 valence electrons. The van der Waals surface area contributed by atoms with Crippen LogP contribution in [0.1, 0.15) is 29.5 Å². The van der Waals surface area contributed by atoms with Crippen molar-refractivity contribution in [2.45, 2.75) is 19.8 Å². The van der Waals surface area contributed by atoms with Crippen molar-refractivity contribution in [1.82, 2.24) is 9.97 Å². The average Bonchev–Trinajstić information content (AvgIpc) is 2.39. The topological polar surface area (TPSA) is 35.0 Å². The highest BCUT2D eigenvalue weighted by atomic mass is 16.5. The summed E-state index contributed by atoms with van der Waals surface area (Å²) in [6.45, 7) is 4.24. The van der Waals surface area contributed by atoms with E-state index in [2.05, 4.69) is 48.1 Å². The minimum absolute atomic E-state index is 0.293. The number of aromatic nitrogens is 2. The highest BCUT2D eigenvalue weighted by molar-refractivity contribution is 5.31. The second-order valence-electron chi connectivity index (χ2n) is 4.14. The first-order chi connectivity index (χ1) is 8.20. The van der Waals surface area contributed by atoms with Crippen molar-refractivity contribution in [3.63, 3.8) is 0 Å². The maximum Gasteiger partial charge on any atom is 0.316 e. The van der Waals surface area contributed by atoms with Crippen LogP contribution >= 0.6 is 0 Å². The lowest BCUT2D eigenvalue weighted by Crippen LogP contribution is -1.99. The largest absolute Gasteiger partial charge is 0.467 e. The highest BCUT2D eigenvalue weighted by Gasteiger charge is 2.09. The molecule has 1 unspecified atom stereocenters. The number of methoxy groups -OCH3 is 1. The van der Waals surface area contributed by atoms with E-state index in [-0.39, 0.29) is 0 Å². The first-order valence-electron chi connectivity index (χ1n) is 5.63. The van der Waals surface area contributed by atoms with E-state index >= 15 is 0 Å². The second-order valence-corrected chi connectivity index (χ2v) is 4.14. The molecule has 1 aromatic heterocycles. The molecule has 0 N–H and O–H groups in total. The molecule has 0 aliphatic rings. The van der Waals surface area contributed by atoms with Crippen molar-refractivity contribution < 1.29 is 4.74 Å². The Hall–Kier alpha value is -1.90. The Morgan fingerprint density at radius 1 is 1.00 bits per heavy atom. The summed E-state index contributed by atoms with van der Waals surface area (Å²) in [5.41, 5.74) is 3.63. The Morgan fingerprint density at radius 3 is 2.12 bits per heavy atom. The maximum absolute atomic E-state index is 4.95. The van der Waals surface area contributed by atoms with Crippen molar-refractivity contribution in [3.05, 3.63) is 53.3 Å². The summed E-state index contributed by atoms with van der Waals surface area (Å²) >= 11 is 0. The number of rotatable bonds is 3. The average molecular weight is 228 g/mol. The minimum atomic E-state index is 0.293. The van der Waals surface area contributed by atoms with Gasteiger partial charge >= 0.3 is 6.01 Å². The van der Waals surface area contributed by atoms with Crippen molar-refractivity contribution >= 4 is 0 Å². The predicted molar refractivity (Wildman–Crippen MR) is 67.3 cm³/mol. The van der Waals surface area contributed by atoms with Gasteiger partial charge in [-0.1, -0.05) is 36.8 Å². The third kappa shape index (κ3) is 2.61. The number of hydrogen-bond acceptors (Lipinski definition) is 3. The molecule has 0 fully saturated rings. The van der Waals surface area contributed by atoms with Crippen LogP contribution < -0.4 is 4.74 Å². The summed E-state index contributed by atoms with van der Waals surface area (Å²) in [6, 6.07) is 8.94. The van der Waals surface area contributed by atoms with Gasteiger partial charge in [0.15, 0.2) is 0 Å². The number of hydrogen-bond donors (Lipinski definition) is 0. The van der Waals surface area contributed by atoms with Crippen LogP contribution in [0.4, 0.5) is 0 Å². The molecule has 0 saturated carbocycles. The molecule has 17 heavy (non-hydrogen) atoms. The molecule has 0 aliphatic carbocycles. The summed E-state index contributed by atoms with van der Waals surface area (Å²) in [5.74, 6) is 0.293. The van der Waals surface area contributed by atoms with E-state index in [0.29, 0.717) is 11.9 Å². The normalized spacial score (nSPS) is 12.2. The van der Waals surface area contributed by atoms with Crippen LogP contribution in [0.15, 0.2) is 36.7 Å². The zero-order chi connectivity index (χ0) is 12.3. The fourth-order valence-corrected chi connectivity index (χ4v) is 1.70. The van der Waals surface area contributed by atoms with E-state index in [1.54, 1.807) is 7.11 Å². The SMILES string of the molecule is COc1ncc(C(C)c2ccc(C)cc2)cn1. The zero-order valence-electron chi connectivity index (χ0n) is 10.3. The number of nitrogens with zero attached hydrogens (tertiary/aromatic N) is 2. The fourth-order valence-electron chi connectivity index (χ4n) is 1.70. The molecule has 0 saturated heterocycles. The second kappa shape index (κ2) is 4.95. The lowest BCUT2D eigenvalue weighted by molar-refractivity contribution is 0.379. The van der Waals surface area contributed by atoms with Gasteiger partial charge in [-0.15, -0.1) is 0 Å². The van der Waals surface area contributed by atoms with Gasteiger partial charge < -0.3 is 4.74 Å². The lowest BCUT2D eigenvalue weighted by atomic mass is 9.95. The van der Waals surface area contributed by atoms with Gasteiger partial charge in [-0.3, -0.25) is 0 Å². The molecule has 0 spiro atoms. The van der Waals surface area contributed by atoms with Crippen molar-refractivity contribution in [2.24, 2.45) is 0 Å². The first-order valence-corrected chi connectivity index (χ1v) is 5.63. The molecule has 3 nitrogen and oxygen atoms in total. The highest BCUT2D eigenvalue weighted by Crippen LogP contribution is 2.23. The van der Waals surface area contributed by atoms with Gasteiger partial charge in [-0.25, -0.2) is 9.97 Å². The number of aryl methyl sites for hydroxylation is 1. The Balaban J connectivity index is 2.23. The van der Waals surface area contributed by atoms with E-state index in [0.717, 1.165) is 5.56 Å². The summed E-state index contributed by atoms with van der Waals surface area (Å²) in [5, 5.41) is 0. The molecule has 0 bridgehead atoms. The standard InChI is InChI=1S/C14H16N2O/c1-10-4-6-12(7-5-10)11(2)13-8-15-14(17-3)16-9-13/h4-9,11H,1-3H3. The molecule has 0 amide bonds. The van der Waals surface area contributed by atoms with E-state index in [1.807, 2.05) is 12.4 Å². The minimum Gasteiger partial charge on any atom is -0.467 e. The van der Waals surface area contributed by atoms with E-state index < -0.39 is 0 Å². The van der Waals surface area contributed by atoms with E-state index in [9.17, 15) is 0 Å². The monoisotopic (exact) mass is 228 g/mol. The quantitative estimate of drug-likeness (QED) is 0.810. The Bertz CT molecular complexity index is 477. The molecular weight excluding hydrogens is 212 g/mol. The molecule has 0 radical (unpaired) electrons. The van der Waals surface area contributed by atoms with E-state index in [4.69, 9.17) is 4.74 Å². The van der Waals surface area contributed by atoms with Crippen LogP contribution in [0.25, 0.3) is 0 Å². The molecule has 0 aliphatic heterocycles. The van der Waals surface area contributed by atoms with Crippen LogP contribution in [0.3, 0.4) is 0 Å². The molecule has 1 heterocycles. The van der Waals surface area contributed by atoms with Crippen LogP contribution in [0.5, 0.6) is 6.01 Å².